The summed E-state index contributed by atoms with van der Waals surface area (Å²) in [6, 6.07) is 16.5. The summed E-state index contributed by atoms with van der Waals surface area (Å²) in [7, 11) is 6.99. The molecule has 1 aliphatic rings. The summed E-state index contributed by atoms with van der Waals surface area (Å²) in [5.74, 6) is 2.19. The van der Waals surface area contributed by atoms with Gasteiger partial charge in [-0.05, 0) is 55.1 Å². The number of hydrogen-bond donors (Lipinski definition) is 1. The largest absolute Gasteiger partial charge is 0.496 e. The minimum absolute atomic E-state index is 0.240. The molecule has 1 fully saturated rings. The maximum atomic E-state index is 13.1. The number of likely N-dealkylation sites (N-methyl/N-ethyl adjacent to an activating group) is 1. The number of anilines is 2. The van der Waals surface area contributed by atoms with Crippen LogP contribution in [0.1, 0.15) is 21.5 Å². The van der Waals surface area contributed by atoms with Crippen molar-refractivity contribution < 1.29 is 28.0 Å². The van der Waals surface area contributed by atoms with Crippen LogP contribution in [0.15, 0.2) is 60.0 Å². The smallest absolute Gasteiger partial charge is 0.255 e. The van der Waals surface area contributed by atoms with Gasteiger partial charge in [-0.1, -0.05) is 6.07 Å². The van der Waals surface area contributed by atoms with E-state index in [1.165, 1.54) is 0 Å². The first-order valence-electron chi connectivity index (χ1n) is 13.2. The predicted molar refractivity (Wildman–Crippen MR) is 164 cm³/mol. The molecule has 41 heavy (non-hydrogen) atoms. The van der Waals surface area contributed by atoms with Gasteiger partial charge in [-0.15, -0.1) is 0 Å². The second kappa shape index (κ2) is 14.0. The van der Waals surface area contributed by atoms with Crippen LogP contribution in [0.3, 0.4) is 0 Å². The predicted octanol–water partition coefficient (Wildman–Crippen LogP) is 4.64. The molecule has 10 heteroatoms. The number of nitrogens with zero attached hydrogens (tertiary/aromatic N) is 2. The molecule has 0 bridgehead atoms. The number of amides is 1. The van der Waals surface area contributed by atoms with Gasteiger partial charge in [-0.25, -0.2) is 0 Å². The third-order valence-electron chi connectivity index (χ3n) is 6.96. The van der Waals surface area contributed by atoms with Crippen LogP contribution in [0, 0.1) is 0 Å². The number of ether oxygens (including phenoxy) is 4. The average molecular weight is 580 g/mol. The molecule has 3 aromatic carbocycles. The van der Waals surface area contributed by atoms with Gasteiger partial charge in [0.05, 0.1) is 56.2 Å². The molecule has 4 rings (SSSR count). The number of piperazine rings is 1. The third-order valence-corrected chi connectivity index (χ3v) is 8.02. The zero-order valence-corrected chi connectivity index (χ0v) is 25.0. The molecule has 9 nitrogen and oxygen atoms in total. The molecule has 1 atom stereocenters. The maximum absolute atomic E-state index is 13.1. The fraction of sp³-hybridized carbons (Fsp3) is 0.323. The van der Waals surface area contributed by atoms with E-state index in [1.54, 1.807) is 64.2 Å². The van der Waals surface area contributed by atoms with Gasteiger partial charge in [-0.3, -0.25) is 9.00 Å². The van der Waals surface area contributed by atoms with E-state index in [-0.39, 0.29) is 11.7 Å². The van der Waals surface area contributed by atoms with Crippen LogP contribution in [0.5, 0.6) is 23.0 Å². The highest BCUT2D eigenvalue weighted by atomic mass is 32.2. The number of nitrogens with one attached hydrogen (secondary N) is 1. The van der Waals surface area contributed by atoms with Crippen molar-refractivity contribution >= 4 is 34.2 Å². The molecule has 0 aromatic heterocycles. The number of rotatable bonds is 11. The van der Waals surface area contributed by atoms with Crippen LogP contribution in [-0.2, 0) is 16.6 Å². The van der Waals surface area contributed by atoms with Crippen LogP contribution in [0.4, 0.5) is 11.4 Å². The molecule has 0 saturated carbocycles. The van der Waals surface area contributed by atoms with E-state index >= 15 is 0 Å². The minimum atomic E-state index is -1.36. The highest BCUT2D eigenvalue weighted by Gasteiger charge is 2.16. The Labute approximate surface area is 244 Å². The molecule has 1 saturated heterocycles. The standard InChI is InChI=1S/C31H37N3O6S/c1-33-13-15-34(16-14-33)24-9-7-23(8-10-24)31(35)32-27-18-22(6-11-28(27)38-3)21-41(36)17-12-26-29(39-4)19-25(37-2)20-30(26)40-5/h6-12,17-20H,13-16,21H2,1-5H3,(H,32,35). The summed E-state index contributed by atoms with van der Waals surface area (Å²) < 4.78 is 34.7. The first-order valence-corrected chi connectivity index (χ1v) is 14.6. The second-order valence-electron chi connectivity index (χ2n) is 9.60. The third kappa shape index (κ3) is 7.59. The first kappa shape index (κ1) is 30.0. The number of carbonyl (C=O) groups excluding carboxylic acids is 1. The van der Waals surface area contributed by atoms with E-state index in [0.717, 1.165) is 37.4 Å². The lowest BCUT2D eigenvalue weighted by atomic mass is 10.1. The molecule has 1 heterocycles. The molecule has 3 aromatic rings. The molecule has 1 unspecified atom stereocenters. The van der Waals surface area contributed by atoms with E-state index in [1.807, 2.05) is 30.3 Å². The van der Waals surface area contributed by atoms with Gasteiger partial charge in [0, 0.05) is 55.0 Å². The zero-order chi connectivity index (χ0) is 29.4. The molecule has 1 amide bonds. The maximum Gasteiger partial charge on any atom is 0.255 e. The van der Waals surface area contributed by atoms with Crippen molar-refractivity contribution in [3.8, 4) is 23.0 Å². The van der Waals surface area contributed by atoms with Gasteiger partial charge < -0.3 is 34.1 Å². The SMILES string of the molecule is COc1cc(OC)c(C=CS(=O)Cc2ccc(OC)c(NC(=O)c3ccc(N4CCN(C)CC4)cc3)c2)c(OC)c1. The highest BCUT2D eigenvalue weighted by molar-refractivity contribution is 7.87. The Kier molecular flexibility index (Phi) is 10.3. The fourth-order valence-corrected chi connectivity index (χ4v) is 5.47. The van der Waals surface area contributed by atoms with E-state index in [9.17, 15) is 9.00 Å². The van der Waals surface area contributed by atoms with Crippen molar-refractivity contribution in [1.29, 1.82) is 0 Å². The van der Waals surface area contributed by atoms with E-state index in [2.05, 4.69) is 22.2 Å². The molecule has 1 N–H and O–H groups in total. The number of benzene rings is 3. The molecular formula is C31H37N3O6S. The first-order chi connectivity index (χ1) is 19.8. The van der Waals surface area contributed by atoms with Gasteiger partial charge in [0.1, 0.15) is 23.0 Å². The van der Waals surface area contributed by atoms with Crippen molar-refractivity contribution in [2.45, 2.75) is 5.75 Å². The van der Waals surface area contributed by atoms with Crippen LogP contribution in [-0.4, -0.2) is 76.7 Å². The van der Waals surface area contributed by atoms with Crippen molar-refractivity contribution in [1.82, 2.24) is 4.90 Å². The lowest BCUT2D eigenvalue weighted by Gasteiger charge is -2.34. The Bertz CT molecular complexity index is 1380. The van der Waals surface area contributed by atoms with Gasteiger partial charge in [-0.2, -0.15) is 0 Å². The van der Waals surface area contributed by atoms with Crippen molar-refractivity contribution in [3.05, 3.63) is 76.7 Å². The van der Waals surface area contributed by atoms with E-state index in [4.69, 9.17) is 18.9 Å². The summed E-state index contributed by atoms with van der Waals surface area (Å²) in [4.78, 5) is 17.7. The molecule has 0 aliphatic carbocycles. The van der Waals surface area contributed by atoms with Gasteiger partial charge in [0.25, 0.3) is 5.91 Å². The van der Waals surface area contributed by atoms with Gasteiger partial charge in [0.2, 0.25) is 0 Å². The summed E-state index contributed by atoms with van der Waals surface area (Å²) in [5, 5.41) is 4.54. The summed E-state index contributed by atoms with van der Waals surface area (Å²) in [5.41, 5.74) is 3.60. The molecule has 0 spiro atoms. The number of hydrogen-bond acceptors (Lipinski definition) is 8. The van der Waals surface area contributed by atoms with Crippen LogP contribution < -0.4 is 29.2 Å². The Balaban J connectivity index is 1.45. The molecule has 218 valence electrons. The Morgan fingerprint density at radius 3 is 2.07 bits per heavy atom. The monoisotopic (exact) mass is 579 g/mol. The lowest BCUT2D eigenvalue weighted by molar-refractivity contribution is 0.102. The summed E-state index contributed by atoms with van der Waals surface area (Å²) in [6.07, 6.45) is 1.71. The number of methoxy groups -OCH3 is 4. The van der Waals surface area contributed by atoms with Crippen molar-refractivity contribution in [3.63, 3.8) is 0 Å². The molecular weight excluding hydrogens is 542 g/mol. The van der Waals surface area contributed by atoms with Gasteiger partial charge in [0.15, 0.2) is 0 Å². The molecule has 1 aliphatic heterocycles. The Morgan fingerprint density at radius 1 is 0.854 bits per heavy atom. The Morgan fingerprint density at radius 2 is 1.49 bits per heavy atom. The van der Waals surface area contributed by atoms with Crippen LogP contribution >= 0.6 is 0 Å². The van der Waals surface area contributed by atoms with Crippen molar-refractivity contribution in [2.24, 2.45) is 0 Å². The Hall–Kier alpha value is -4.02. The quantitative estimate of drug-likeness (QED) is 0.351. The van der Waals surface area contributed by atoms with E-state index < -0.39 is 10.8 Å². The highest BCUT2D eigenvalue weighted by Crippen LogP contribution is 2.35. The second-order valence-corrected chi connectivity index (χ2v) is 10.9. The van der Waals surface area contributed by atoms with E-state index in [0.29, 0.717) is 39.8 Å². The van der Waals surface area contributed by atoms with Crippen molar-refractivity contribution in [2.75, 3.05) is 71.9 Å². The lowest BCUT2D eigenvalue weighted by Crippen LogP contribution is -2.44. The topological polar surface area (TPSA) is 89.6 Å². The number of carbonyl (C=O) groups is 1. The summed E-state index contributed by atoms with van der Waals surface area (Å²) in [6.45, 7) is 3.96. The average Bonchev–Trinajstić information content (AvgIpc) is 3.00. The van der Waals surface area contributed by atoms with Crippen LogP contribution in [0.2, 0.25) is 0 Å². The minimum Gasteiger partial charge on any atom is -0.496 e. The molecule has 0 radical (unpaired) electrons. The fourth-order valence-electron chi connectivity index (χ4n) is 4.58. The summed E-state index contributed by atoms with van der Waals surface area (Å²) >= 11 is 0. The zero-order valence-electron chi connectivity index (χ0n) is 24.1. The normalized spacial score (nSPS) is 14.5. The van der Waals surface area contributed by atoms with Crippen LogP contribution in [0.25, 0.3) is 6.08 Å². The van der Waals surface area contributed by atoms with Gasteiger partial charge >= 0.3 is 0 Å².